The molecule has 29 heavy (non-hydrogen) atoms. The van der Waals surface area contributed by atoms with Crippen LogP contribution < -0.4 is 15.6 Å². The minimum atomic E-state index is -0.921. The van der Waals surface area contributed by atoms with Gasteiger partial charge in [-0.3, -0.25) is 14.2 Å². The number of nitrogens with one attached hydrogen (secondary N) is 1. The zero-order valence-electron chi connectivity index (χ0n) is 16.4. The van der Waals surface area contributed by atoms with Crippen molar-refractivity contribution in [3.63, 3.8) is 0 Å². The van der Waals surface area contributed by atoms with Crippen molar-refractivity contribution in [2.45, 2.75) is 26.8 Å². The number of fused-ring (bicyclic) bond motifs is 1. The summed E-state index contributed by atoms with van der Waals surface area (Å²) in [6.45, 7) is 4.85. The average Bonchev–Trinajstić information content (AvgIpc) is 3.12. The van der Waals surface area contributed by atoms with Gasteiger partial charge in [-0.15, -0.1) is 0 Å². The van der Waals surface area contributed by atoms with Crippen LogP contribution in [0, 0.1) is 6.92 Å². The van der Waals surface area contributed by atoms with Crippen molar-refractivity contribution in [3.8, 4) is 5.75 Å². The summed E-state index contributed by atoms with van der Waals surface area (Å²) in [6, 6.07) is 5.90. The molecule has 0 saturated heterocycles. The Morgan fingerprint density at radius 2 is 2.10 bits per heavy atom. The summed E-state index contributed by atoms with van der Waals surface area (Å²) < 4.78 is 16.2. The maximum Gasteiger partial charge on any atom is 0.361 e. The topological polar surface area (TPSA) is 126 Å². The van der Waals surface area contributed by atoms with E-state index in [4.69, 9.17) is 14.0 Å². The van der Waals surface area contributed by atoms with E-state index in [1.54, 1.807) is 45.0 Å². The van der Waals surface area contributed by atoms with Gasteiger partial charge in [-0.25, -0.2) is 4.79 Å². The Morgan fingerprint density at radius 1 is 1.34 bits per heavy atom. The van der Waals surface area contributed by atoms with Crippen LogP contribution in [0.1, 0.15) is 36.2 Å². The molecule has 2 heterocycles. The molecular weight excluding hydrogens is 380 g/mol. The van der Waals surface area contributed by atoms with Gasteiger partial charge in [0, 0.05) is 11.8 Å². The number of carbonyl (C=O) groups excluding carboxylic acids is 2. The van der Waals surface area contributed by atoms with Crippen LogP contribution in [0.5, 0.6) is 5.75 Å². The molecule has 1 amide bonds. The summed E-state index contributed by atoms with van der Waals surface area (Å²) in [6.07, 6.45) is 0. The van der Waals surface area contributed by atoms with Crippen molar-refractivity contribution in [2.24, 2.45) is 0 Å². The molecule has 2 aromatic heterocycles. The number of ether oxygens (including phenoxy) is 2. The monoisotopic (exact) mass is 400 g/mol. The van der Waals surface area contributed by atoms with E-state index < -0.39 is 23.5 Å². The molecule has 0 aliphatic heterocycles. The average molecular weight is 400 g/mol. The fourth-order valence-electron chi connectivity index (χ4n) is 2.88. The summed E-state index contributed by atoms with van der Waals surface area (Å²) in [7, 11) is 1.52. The van der Waals surface area contributed by atoms with Gasteiger partial charge in [0.05, 0.1) is 13.7 Å². The number of nitrogens with zero attached hydrogens (tertiary/aromatic N) is 3. The SMILES string of the molecule is CCOC(=O)c1noc2nc(C)n(C(C)C(=O)Nc3cccc(OC)c3)c(=O)c12. The van der Waals surface area contributed by atoms with Crippen LogP contribution in [0.15, 0.2) is 33.6 Å². The zero-order chi connectivity index (χ0) is 21.1. The van der Waals surface area contributed by atoms with Gasteiger partial charge >= 0.3 is 5.97 Å². The molecule has 1 unspecified atom stereocenters. The first kappa shape index (κ1) is 20.1. The summed E-state index contributed by atoms with van der Waals surface area (Å²) >= 11 is 0. The van der Waals surface area contributed by atoms with Crippen LogP contribution in [0.25, 0.3) is 11.1 Å². The zero-order valence-corrected chi connectivity index (χ0v) is 16.4. The minimum Gasteiger partial charge on any atom is -0.497 e. The number of amides is 1. The van der Waals surface area contributed by atoms with Crippen LogP contribution in [-0.2, 0) is 9.53 Å². The molecule has 0 fully saturated rings. The lowest BCUT2D eigenvalue weighted by atomic mass is 10.2. The number of aryl methyl sites for hydroxylation is 1. The molecule has 0 spiro atoms. The lowest BCUT2D eigenvalue weighted by Gasteiger charge is -2.17. The van der Waals surface area contributed by atoms with E-state index in [0.29, 0.717) is 11.4 Å². The Hall–Kier alpha value is -3.69. The van der Waals surface area contributed by atoms with Crippen molar-refractivity contribution in [1.29, 1.82) is 0 Å². The molecule has 1 atom stereocenters. The number of hydrogen-bond acceptors (Lipinski definition) is 8. The van der Waals surface area contributed by atoms with Crippen LogP contribution in [0.4, 0.5) is 5.69 Å². The highest BCUT2D eigenvalue weighted by molar-refractivity contribution is 6.00. The number of methoxy groups -OCH3 is 1. The van der Waals surface area contributed by atoms with Gasteiger partial charge in [-0.05, 0) is 32.9 Å². The summed E-state index contributed by atoms with van der Waals surface area (Å²) in [5.41, 5.74) is -0.469. The fourth-order valence-corrected chi connectivity index (χ4v) is 2.88. The number of esters is 1. The van der Waals surface area contributed by atoms with Gasteiger partial charge in [-0.2, -0.15) is 4.98 Å². The van der Waals surface area contributed by atoms with Crippen molar-refractivity contribution in [2.75, 3.05) is 19.0 Å². The van der Waals surface area contributed by atoms with Gasteiger partial charge in [0.25, 0.3) is 11.3 Å². The summed E-state index contributed by atoms with van der Waals surface area (Å²) in [5.74, 6) is -0.425. The van der Waals surface area contributed by atoms with E-state index in [2.05, 4.69) is 15.5 Å². The number of hydrogen-bond donors (Lipinski definition) is 1. The second kappa shape index (κ2) is 8.13. The molecule has 0 aliphatic rings. The normalized spacial score (nSPS) is 11.9. The van der Waals surface area contributed by atoms with Gasteiger partial charge in [0.1, 0.15) is 23.0 Å². The Labute approximate surface area is 165 Å². The Bertz CT molecular complexity index is 1130. The molecule has 0 aliphatic carbocycles. The quantitative estimate of drug-likeness (QED) is 0.623. The molecule has 1 aromatic carbocycles. The lowest BCUT2D eigenvalue weighted by Crippen LogP contribution is -2.34. The first-order valence-corrected chi connectivity index (χ1v) is 8.87. The number of anilines is 1. The molecule has 152 valence electrons. The fraction of sp³-hybridized carbons (Fsp3) is 0.316. The Balaban J connectivity index is 1.99. The van der Waals surface area contributed by atoms with Gasteiger partial charge in [0.15, 0.2) is 0 Å². The first-order valence-electron chi connectivity index (χ1n) is 8.87. The minimum absolute atomic E-state index is 0.0905. The maximum absolute atomic E-state index is 13.1. The highest BCUT2D eigenvalue weighted by atomic mass is 16.5. The Morgan fingerprint density at radius 3 is 2.79 bits per heavy atom. The molecule has 0 bridgehead atoms. The number of benzene rings is 1. The molecule has 3 aromatic rings. The molecule has 10 nitrogen and oxygen atoms in total. The standard InChI is InChI=1S/C19H20N4O6/c1-5-28-19(26)15-14-17(29-22-15)20-11(3)23(18(14)25)10(2)16(24)21-12-7-6-8-13(9-12)27-4/h6-10H,5H2,1-4H3,(H,21,24). The van der Waals surface area contributed by atoms with Crippen LogP contribution >= 0.6 is 0 Å². The van der Waals surface area contributed by atoms with E-state index in [1.807, 2.05) is 0 Å². The molecule has 3 rings (SSSR count). The summed E-state index contributed by atoms with van der Waals surface area (Å²) in [5, 5.41) is 6.21. The third kappa shape index (κ3) is 3.82. The number of carbonyl (C=O) groups is 2. The van der Waals surface area contributed by atoms with E-state index in [0.717, 1.165) is 0 Å². The highest BCUT2D eigenvalue weighted by Crippen LogP contribution is 2.20. The molecular formula is C19H20N4O6. The lowest BCUT2D eigenvalue weighted by molar-refractivity contribution is -0.118. The van der Waals surface area contributed by atoms with E-state index in [9.17, 15) is 14.4 Å². The second-order valence-electron chi connectivity index (χ2n) is 6.16. The van der Waals surface area contributed by atoms with Crippen molar-refractivity contribution in [3.05, 3.63) is 46.1 Å². The van der Waals surface area contributed by atoms with Gasteiger partial charge in [0.2, 0.25) is 11.6 Å². The van der Waals surface area contributed by atoms with Crippen LogP contribution in [0.2, 0.25) is 0 Å². The van der Waals surface area contributed by atoms with Crippen molar-refractivity contribution in [1.82, 2.24) is 14.7 Å². The van der Waals surface area contributed by atoms with Crippen LogP contribution in [0.3, 0.4) is 0 Å². The van der Waals surface area contributed by atoms with Gasteiger partial charge in [-0.1, -0.05) is 11.2 Å². The number of rotatable bonds is 6. The summed E-state index contributed by atoms with van der Waals surface area (Å²) in [4.78, 5) is 42.0. The van der Waals surface area contributed by atoms with E-state index in [-0.39, 0.29) is 29.2 Å². The third-order valence-electron chi connectivity index (χ3n) is 4.29. The van der Waals surface area contributed by atoms with E-state index >= 15 is 0 Å². The van der Waals surface area contributed by atoms with Crippen LogP contribution in [-0.4, -0.2) is 40.3 Å². The first-order chi connectivity index (χ1) is 13.9. The van der Waals surface area contributed by atoms with Crippen molar-refractivity contribution >= 4 is 28.7 Å². The number of aromatic nitrogens is 3. The van der Waals surface area contributed by atoms with E-state index in [1.165, 1.54) is 11.7 Å². The third-order valence-corrected chi connectivity index (χ3v) is 4.29. The Kier molecular flexibility index (Phi) is 5.62. The second-order valence-corrected chi connectivity index (χ2v) is 6.16. The smallest absolute Gasteiger partial charge is 0.361 e. The van der Waals surface area contributed by atoms with Gasteiger partial charge < -0.3 is 19.3 Å². The largest absolute Gasteiger partial charge is 0.497 e. The highest BCUT2D eigenvalue weighted by Gasteiger charge is 2.27. The predicted molar refractivity (Wildman–Crippen MR) is 103 cm³/mol. The van der Waals surface area contributed by atoms with Crippen molar-refractivity contribution < 1.29 is 23.6 Å². The predicted octanol–water partition coefficient (Wildman–Crippen LogP) is 2.08. The molecule has 0 saturated carbocycles. The molecule has 0 radical (unpaired) electrons. The molecule has 10 heteroatoms. The maximum atomic E-state index is 13.1. The molecule has 1 N–H and O–H groups in total.